The van der Waals surface area contributed by atoms with Crippen molar-refractivity contribution in [1.29, 1.82) is 0 Å². The van der Waals surface area contributed by atoms with E-state index in [9.17, 15) is 8.42 Å². The zero-order valence-corrected chi connectivity index (χ0v) is 15.1. The van der Waals surface area contributed by atoms with Crippen LogP contribution < -0.4 is 10.0 Å². The van der Waals surface area contributed by atoms with E-state index in [1.165, 1.54) is 11.3 Å². The second kappa shape index (κ2) is 5.65. The molecule has 1 aromatic rings. The summed E-state index contributed by atoms with van der Waals surface area (Å²) >= 11 is 1.29. The average molecular weight is 331 g/mol. The first kappa shape index (κ1) is 16.9. The number of hydrogen-bond acceptors (Lipinski definition) is 4. The van der Waals surface area contributed by atoms with Gasteiger partial charge in [-0.3, -0.25) is 0 Å². The number of rotatable bonds is 7. The molecule has 6 heteroatoms. The van der Waals surface area contributed by atoms with E-state index in [0.29, 0.717) is 4.21 Å². The third-order valence-electron chi connectivity index (χ3n) is 4.94. The van der Waals surface area contributed by atoms with Gasteiger partial charge in [-0.1, -0.05) is 34.6 Å². The van der Waals surface area contributed by atoms with E-state index in [4.69, 9.17) is 0 Å². The Labute approximate surface area is 132 Å². The highest BCUT2D eigenvalue weighted by Gasteiger charge is 2.66. The van der Waals surface area contributed by atoms with Gasteiger partial charge in [-0.25, -0.2) is 13.1 Å². The van der Waals surface area contributed by atoms with Crippen LogP contribution in [0, 0.1) is 10.8 Å². The molecule has 4 nitrogen and oxygen atoms in total. The lowest BCUT2D eigenvalue weighted by Crippen LogP contribution is -2.29. The predicted octanol–water partition coefficient (Wildman–Crippen LogP) is 2.96. The van der Waals surface area contributed by atoms with Crippen molar-refractivity contribution in [2.75, 3.05) is 6.54 Å². The van der Waals surface area contributed by atoms with Gasteiger partial charge in [-0.15, -0.1) is 11.3 Å². The number of thiophene rings is 1. The third kappa shape index (κ3) is 3.18. The van der Waals surface area contributed by atoms with Crippen LogP contribution in [0.4, 0.5) is 0 Å². The quantitative estimate of drug-likeness (QED) is 0.756. The Bertz CT molecular complexity index is 589. The molecular formula is C15H26N2O2S2. The van der Waals surface area contributed by atoms with E-state index in [1.54, 1.807) is 6.07 Å². The van der Waals surface area contributed by atoms with E-state index < -0.39 is 10.0 Å². The summed E-state index contributed by atoms with van der Waals surface area (Å²) in [6.07, 6.45) is 1.07. The molecule has 21 heavy (non-hydrogen) atoms. The molecule has 0 atom stereocenters. The Morgan fingerprint density at radius 3 is 2.38 bits per heavy atom. The molecule has 120 valence electrons. The molecule has 1 fully saturated rings. The van der Waals surface area contributed by atoms with Gasteiger partial charge in [-0.2, -0.15) is 0 Å². The summed E-state index contributed by atoms with van der Waals surface area (Å²) in [5.74, 6) is 0. The van der Waals surface area contributed by atoms with Crippen LogP contribution in [0.25, 0.3) is 0 Å². The molecular weight excluding hydrogens is 304 g/mol. The van der Waals surface area contributed by atoms with Crippen molar-refractivity contribution in [1.82, 2.24) is 10.0 Å². The monoisotopic (exact) mass is 330 g/mol. The predicted molar refractivity (Wildman–Crippen MR) is 88.0 cm³/mol. The lowest BCUT2D eigenvalue weighted by molar-refractivity contribution is 0.457. The Hall–Kier alpha value is -0.430. The maximum Gasteiger partial charge on any atom is 0.250 e. The van der Waals surface area contributed by atoms with Crippen LogP contribution >= 0.6 is 11.3 Å². The van der Waals surface area contributed by atoms with Gasteiger partial charge < -0.3 is 5.32 Å². The van der Waals surface area contributed by atoms with Gasteiger partial charge in [0.25, 0.3) is 0 Å². The van der Waals surface area contributed by atoms with Gasteiger partial charge in [0.05, 0.1) is 0 Å². The summed E-state index contributed by atoms with van der Waals surface area (Å²) in [4.78, 5) is 0. The molecule has 0 bridgehead atoms. The Balaban J connectivity index is 2.04. The molecule has 0 radical (unpaired) electrons. The molecule has 0 saturated heterocycles. The Morgan fingerprint density at radius 2 is 1.86 bits per heavy atom. The molecule has 0 unspecified atom stereocenters. The van der Waals surface area contributed by atoms with E-state index in [0.717, 1.165) is 25.1 Å². The topological polar surface area (TPSA) is 58.2 Å². The second-order valence-electron chi connectivity index (χ2n) is 6.95. The molecule has 1 aliphatic rings. The van der Waals surface area contributed by atoms with Crippen LogP contribution in [0.3, 0.4) is 0 Å². The lowest BCUT2D eigenvalue weighted by Gasteiger charge is -2.06. The maximum atomic E-state index is 12.5. The summed E-state index contributed by atoms with van der Waals surface area (Å²) in [5, 5.41) is 5.20. The van der Waals surface area contributed by atoms with Crippen molar-refractivity contribution in [3.05, 3.63) is 17.0 Å². The van der Waals surface area contributed by atoms with Crippen molar-refractivity contribution >= 4 is 21.4 Å². The molecule has 1 aromatic heterocycles. The van der Waals surface area contributed by atoms with Gasteiger partial charge in [0, 0.05) is 12.6 Å². The van der Waals surface area contributed by atoms with Crippen molar-refractivity contribution in [3.8, 4) is 0 Å². The van der Waals surface area contributed by atoms with Crippen LogP contribution in [-0.4, -0.2) is 21.0 Å². The van der Waals surface area contributed by atoms with Crippen LogP contribution in [0.15, 0.2) is 15.7 Å². The first-order valence-corrected chi connectivity index (χ1v) is 9.79. The largest absolute Gasteiger partial charge is 0.313 e. The second-order valence-corrected chi connectivity index (χ2v) is 9.80. The summed E-state index contributed by atoms with van der Waals surface area (Å²) in [6.45, 7) is 12.2. The Kier molecular flexibility index (Phi) is 4.55. The van der Waals surface area contributed by atoms with Crippen molar-refractivity contribution in [2.45, 2.75) is 57.8 Å². The molecule has 1 heterocycles. The molecule has 2 rings (SSSR count). The summed E-state index contributed by atoms with van der Waals surface area (Å²) in [6, 6.07) is 1.77. The number of hydrogen-bond donors (Lipinski definition) is 2. The zero-order chi connectivity index (χ0) is 15.9. The van der Waals surface area contributed by atoms with Gasteiger partial charge in [0.1, 0.15) is 4.21 Å². The summed E-state index contributed by atoms with van der Waals surface area (Å²) < 4.78 is 28.2. The smallest absolute Gasteiger partial charge is 0.250 e. The fourth-order valence-electron chi connectivity index (χ4n) is 2.70. The molecule has 0 amide bonds. The van der Waals surface area contributed by atoms with E-state index >= 15 is 0 Å². The minimum Gasteiger partial charge on any atom is -0.313 e. The number of nitrogens with one attached hydrogen (secondary N) is 2. The van der Waals surface area contributed by atoms with Gasteiger partial charge in [0.15, 0.2) is 0 Å². The van der Waals surface area contributed by atoms with Crippen LogP contribution in [0.5, 0.6) is 0 Å². The fraction of sp³-hybridized carbons (Fsp3) is 0.733. The molecule has 0 aromatic carbocycles. The highest BCUT2D eigenvalue weighted by Crippen LogP contribution is 2.63. The van der Waals surface area contributed by atoms with Crippen molar-refractivity contribution in [2.24, 2.45) is 10.8 Å². The normalized spacial score (nSPS) is 20.6. The highest BCUT2D eigenvalue weighted by atomic mass is 32.2. The van der Waals surface area contributed by atoms with E-state index in [2.05, 4.69) is 44.7 Å². The van der Waals surface area contributed by atoms with Crippen molar-refractivity contribution in [3.63, 3.8) is 0 Å². The minimum atomic E-state index is -3.41. The van der Waals surface area contributed by atoms with Crippen molar-refractivity contribution < 1.29 is 8.42 Å². The molecule has 1 aliphatic carbocycles. The van der Waals surface area contributed by atoms with Gasteiger partial charge in [-0.05, 0) is 40.8 Å². The lowest BCUT2D eigenvalue weighted by atomic mass is 10.0. The first-order chi connectivity index (χ1) is 9.63. The summed E-state index contributed by atoms with van der Waals surface area (Å²) in [5.41, 5.74) is 1.04. The fourth-order valence-corrected chi connectivity index (χ4v) is 5.46. The molecule has 1 saturated carbocycles. The highest BCUT2D eigenvalue weighted by molar-refractivity contribution is 7.91. The zero-order valence-electron chi connectivity index (χ0n) is 13.5. The van der Waals surface area contributed by atoms with Crippen LogP contribution in [0.1, 0.15) is 46.6 Å². The maximum absolute atomic E-state index is 12.5. The minimum absolute atomic E-state index is 0.00114. The SMILES string of the molecule is CCCNCc1csc(S(=O)(=O)NC2C(C)(C)C2(C)C)c1. The van der Waals surface area contributed by atoms with Crippen LogP contribution in [0.2, 0.25) is 0 Å². The Morgan fingerprint density at radius 1 is 1.24 bits per heavy atom. The van der Waals surface area contributed by atoms with Gasteiger partial charge >= 0.3 is 0 Å². The number of sulfonamides is 1. The third-order valence-corrected chi connectivity index (χ3v) is 7.86. The summed E-state index contributed by atoms with van der Waals surface area (Å²) in [7, 11) is -3.41. The van der Waals surface area contributed by atoms with Gasteiger partial charge in [0.2, 0.25) is 10.0 Å². The average Bonchev–Trinajstić information content (AvgIpc) is 2.78. The molecule has 2 N–H and O–H groups in total. The first-order valence-electron chi connectivity index (χ1n) is 7.43. The van der Waals surface area contributed by atoms with E-state index in [1.807, 2.05) is 5.38 Å². The van der Waals surface area contributed by atoms with Crippen LogP contribution in [-0.2, 0) is 16.6 Å². The van der Waals surface area contributed by atoms with E-state index in [-0.39, 0.29) is 16.9 Å². The molecule has 0 spiro atoms. The molecule has 0 aliphatic heterocycles. The standard InChI is InChI=1S/C15H26N2O2S2/c1-6-7-16-9-11-8-12(20-10-11)21(18,19)17-13-14(2,3)15(13,4)5/h8,10,13,16-17H,6-7,9H2,1-5H3.